The molecule has 0 spiro atoms. The smallest absolute Gasteiger partial charge is 0.394 e. The highest BCUT2D eigenvalue weighted by Crippen LogP contribution is 2.35. The lowest BCUT2D eigenvalue weighted by Gasteiger charge is -2.19. The lowest BCUT2D eigenvalue weighted by atomic mass is 10.6. The van der Waals surface area contributed by atoms with Gasteiger partial charge < -0.3 is 14.6 Å². The topological polar surface area (TPSA) is 38.7 Å². The van der Waals surface area contributed by atoms with Crippen LogP contribution in [0.5, 0.6) is 0 Å². The molecule has 0 heterocycles. The number of hydrogen-bond donors (Lipinski definition) is 1. The summed E-state index contributed by atoms with van der Waals surface area (Å²) in [6, 6.07) is 0. The third-order valence-electron chi connectivity index (χ3n) is 1.08. The predicted molar refractivity (Wildman–Crippen MR) is 34.9 cm³/mol. The molecule has 1 N–H and O–H groups in total. The normalized spacial score (nSPS) is 13.3. The number of halogens is 5. The molecule has 0 bridgehead atoms. The quantitative estimate of drug-likeness (QED) is 0.543. The Morgan fingerprint density at radius 2 is 1.50 bits per heavy atom. The fraction of sp³-hybridized carbons (Fsp3) is 1.00. The molecule has 14 heavy (non-hydrogen) atoms. The van der Waals surface area contributed by atoms with Crippen molar-refractivity contribution in [3.05, 3.63) is 0 Å². The van der Waals surface area contributed by atoms with E-state index in [2.05, 4.69) is 9.47 Å². The summed E-state index contributed by atoms with van der Waals surface area (Å²) in [7, 11) is 0. The molecule has 0 aromatic rings. The van der Waals surface area contributed by atoms with Crippen molar-refractivity contribution in [3.63, 3.8) is 0 Å². The van der Waals surface area contributed by atoms with Gasteiger partial charge in [-0.1, -0.05) is 0 Å². The van der Waals surface area contributed by atoms with E-state index in [-0.39, 0.29) is 13.2 Å². The van der Waals surface area contributed by atoms with Crippen LogP contribution in [-0.4, -0.2) is 43.8 Å². The van der Waals surface area contributed by atoms with Crippen molar-refractivity contribution in [1.29, 1.82) is 0 Å². The van der Waals surface area contributed by atoms with E-state index in [1.165, 1.54) is 0 Å². The van der Waals surface area contributed by atoms with Gasteiger partial charge in [-0.15, -0.1) is 0 Å². The Morgan fingerprint density at radius 1 is 0.929 bits per heavy atom. The SMILES string of the molecule is OCCOCCOC(F)(F)C(F)(F)F. The predicted octanol–water partition coefficient (Wildman–Crippen LogP) is 1.17. The third kappa shape index (κ3) is 4.68. The van der Waals surface area contributed by atoms with E-state index in [9.17, 15) is 22.0 Å². The van der Waals surface area contributed by atoms with Crippen LogP contribution < -0.4 is 0 Å². The van der Waals surface area contributed by atoms with Gasteiger partial charge in [0.05, 0.1) is 26.4 Å². The number of alkyl halides is 5. The van der Waals surface area contributed by atoms with Crippen LogP contribution >= 0.6 is 0 Å². The van der Waals surface area contributed by atoms with Gasteiger partial charge in [-0.05, 0) is 0 Å². The summed E-state index contributed by atoms with van der Waals surface area (Å²) < 4.78 is 66.0. The summed E-state index contributed by atoms with van der Waals surface area (Å²) in [6.07, 6.45) is -10.9. The Labute approximate surface area is 76.4 Å². The maximum atomic E-state index is 12.0. The average Bonchev–Trinajstić information content (AvgIpc) is 2.02. The van der Waals surface area contributed by atoms with E-state index in [0.29, 0.717) is 0 Å². The molecule has 0 atom stereocenters. The third-order valence-corrected chi connectivity index (χ3v) is 1.08. The van der Waals surface area contributed by atoms with E-state index in [0.717, 1.165) is 0 Å². The van der Waals surface area contributed by atoms with Crippen LogP contribution in [0, 0.1) is 0 Å². The maximum absolute atomic E-state index is 12.0. The van der Waals surface area contributed by atoms with Crippen molar-refractivity contribution in [1.82, 2.24) is 0 Å². The summed E-state index contributed by atoms with van der Waals surface area (Å²) >= 11 is 0. The number of rotatable bonds is 6. The van der Waals surface area contributed by atoms with Gasteiger partial charge in [0.25, 0.3) is 0 Å². The molecule has 0 saturated carbocycles. The van der Waals surface area contributed by atoms with E-state index in [1.807, 2.05) is 0 Å². The maximum Gasteiger partial charge on any atom is 0.482 e. The molecule has 0 aliphatic carbocycles. The van der Waals surface area contributed by atoms with Crippen LogP contribution in [0.1, 0.15) is 0 Å². The molecule has 86 valence electrons. The molecule has 3 nitrogen and oxygen atoms in total. The monoisotopic (exact) mass is 224 g/mol. The van der Waals surface area contributed by atoms with Gasteiger partial charge in [0.1, 0.15) is 0 Å². The van der Waals surface area contributed by atoms with Crippen LogP contribution in [0.25, 0.3) is 0 Å². The van der Waals surface area contributed by atoms with E-state index >= 15 is 0 Å². The molecule has 0 unspecified atom stereocenters. The molecule has 0 aliphatic rings. The van der Waals surface area contributed by atoms with Crippen LogP contribution in [0.4, 0.5) is 22.0 Å². The fourth-order valence-electron chi connectivity index (χ4n) is 0.477. The molecule has 0 aliphatic heterocycles. The van der Waals surface area contributed by atoms with Crippen molar-refractivity contribution in [2.45, 2.75) is 12.3 Å². The Hall–Kier alpha value is -0.470. The van der Waals surface area contributed by atoms with E-state index in [4.69, 9.17) is 5.11 Å². The van der Waals surface area contributed by atoms with E-state index < -0.39 is 25.5 Å². The van der Waals surface area contributed by atoms with Crippen LogP contribution in [-0.2, 0) is 9.47 Å². The molecule has 0 aromatic heterocycles. The molecule has 0 amide bonds. The Morgan fingerprint density at radius 3 is 1.93 bits per heavy atom. The number of aliphatic hydroxyl groups is 1. The van der Waals surface area contributed by atoms with Crippen molar-refractivity contribution < 1.29 is 36.5 Å². The van der Waals surface area contributed by atoms with Crippen molar-refractivity contribution in [3.8, 4) is 0 Å². The summed E-state index contributed by atoms with van der Waals surface area (Å²) in [5, 5.41) is 8.16. The van der Waals surface area contributed by atoms with Gasteiger partial charge in [-0.2, -0.15) is 22.0 Å². The van der Waals surface area contributed by atoms with Gasteiger partial charge >= 0.3 is 12.3 Å². The van der Waals surface area contributed by atoms with Crippen molar-refractivity contribution in [2.75, 3.05) is 26.4 Å². The first-order chi connectivity index (χ1) is 6.31. The number of hydrogen-bond acceptors (Lipinski definition) is 3. The number of aliphatic hydroxyl groups excluding tert-OH is 1. The molecule has 0 aromatic carbocycles. The van der Waals surface area contributed by atoms with Gasteiger partial charge in [0.2, 0.25) is 0 Å². The number of ether oxygens (including phenoxy) is 2. The summed E-state index contributed by atoms with van der Waals surface area (Å²) in [4.78, 5) is 0. The zero-order chi connectivity index (χ0) is 11.2. The Bertz CT molecular complexity index is 158. The molecular formula is C6H9F5O3. The summed E-state index contributed by atoms with van der Waals surface area (Å²) in [6.45, 7) is -1.81. The summed E-state index contributed by atoms with van der Waals surface area (Å²) in [5.41, 5.74) is 0. The highest BCUT2D eigenvalue weighted by Gasteiger charge is 2.59. The molecule has 0 fully saturated rings. The highest BCUT2D eigenvalue weighted by atomic mass is 19.4. The zero-order valence-electron chi connectivity index (χ0n) is 6.98. The molecular weight excluding hydrogens is 215 g/mol. The van der Waals surface area contributed by atoms with Crippen molar-refractivity contribution >= 4 is 0 Å². The van der Waals surface area contributed by atoms with Gasteiger partial charge in [-0.25, -0.2) is 0 Å². The molecule has 0 rings (SSSR count). The van der Waals surface area contributed by atoms with Crippen LogP contribution in [0.15, 0.2) is 0 Å². The van der Waals surface area contributed by atoms with Gasteiger partial charge in [-0.3, -0.25) is 0 Å². The largest absolute Gasteiger partial charge is 0.482 e. The second kappa shape index (κ2) is 5.42. The second-order valence-corrected chi connectivity index (χ2v) is 2.20. The van der Waals surface area contributed by atoms with Crippen LogP contribution in [0.3, 0.4) is 0 Å². The molecule has 0 saturated heterocycles. The minimum Gasteiger partial charge on any atom is -0.394 e. The lowest BCUT2D eigenvalue weighted by molar-refractivity contribution is -0.392. The Balaban J connectivity index is 3.67. The Kier molecular flexibility index (Phi) is 5.24. The highest BCUT2D eigenvalue weighted by molar-refractivity contribution is 4.63. The van der Waals surface area contributed by atoms with Gasteiger partial charge in [0.15, 0.2) is 0 Å². The molecule has 0 radical (unpaired) electrons. The minimum atomic E-state index is -5.72. The van der Waals surface area contributed by atoms with Gasteiger partial charge in [0, 0.05) is 0 Å². The summed E-state index contributed by atoms with van der Waals surface area (Å²) in [5.74, 6) is 0. The first-order valence-corrected chi connectivity index (χ1v) is 3.58. The fourth-order valence-corrected chi connectivity index (χ4v) is 0.477. The van der Waals surface area contributed by atoms with E-state index in [1.54, 1.807) is 0 Å². The average molecular weight is 224 g/mol. The zero-order valence-corrected chi connectivity index (χ0v) is 6.98. The van der Waals surface area contributed by atoms with Crippen molar-refractivity contribution in [2.24, 2.45) is 0 Å². The minimum absolute atomic E-state index is 0.138. The lowest BCUT2D eigenvalue weighted by Crippen LogP contribution is -2.39. The second-order valence-electron chi connectivity index (χ2n) is 2.20. The first-order valence-electron chi connectivity index (χ1n) is 3.58. The first kappa shape index (κ1) is 13.5. The standard InChI is InChI=1S/C6H9F5O3/c7-5(8,9)6(10,11)14-4-3-13-2-1-12/h12H,1-4H2. The molecule has 8 heteroatoms. The van der Waals surface area contributed by atoms with Crippen LogP contribution in [0.2, 0.25) is 0 Å².